The average Bonchev–Trinajstić information content (AvgIpc) is 3.43. The monoisotopic (exact) mass is 509 g/mol. The lowest BCUT2D eigenvalue weighted by Gasteiger charge is -2.26. The van der Waals surface area contributed by atoms with Gasteiger partial charge in [0.2, 0.25) is 0 Å². The third-order valence-electron chi connectivity index (χ3n) is 6.39. The van der Waals surface area contributed by atoms with Gasteiger partial charge in [-0.15, -0.1) is 0 Å². The number of amides is 2. The van der Waals surface area contributed by atoms with Crippen LogP contribution in [0.25, 0.3) is 0 Å². The standard InChI is InChI=1S/C24H24F5N5O2/c1-11-8-24(2,3)17-14(25)6-7-15(16(11)17)34(22(35)12-9-32(4)30-18(12)20(26)27)23(36)13-10-33(5)31-19(13)21(28)29/h6-7,9-11,20-21H,8H2,1-5H3. The largest absolute Gasteiger partial charge is 0.282 e. The number of hydrogen-bond acceptors (Lipinski definition) is 4. The molecule has 0 saturated heterocycles. The fraction of sp³-hybridized carbons (Fsp3) is 0.417. The first kappa shape index (κ1) is 25.5. The number of anilines is 1. The smallest absolute Gasteiger partial charge is 0.275 e. The summed E-state index contributed by atoms with van der Waals surface area (Å²) in [5.41, 5.74) is -2.99. The minimum absolute atomic E-state index is 0.0624. The van der Waals surface area contributed by atoms with Gasteiger partial charge in [-0.1, -0.05) is 20.8 Å². The number of carbonyl (C=O) groups excluding carboxylic acids is 2. The molecule has 36 heavy (non-hydrogen) atoms. The Balaban J connectivity index is 1.99. The van der Waals surface area contributed by atoms with Crippen LogP contribution in [0.4, 0.5) is 27.6 Å². The van der Waals surface area contributed by atoms with Gasteiger partial charge in [0.15, 0.2) is 0 Å². The Morgan fingerprint density at radius 3 is 1.89 bits per heavy atom. The summed E-state index contributed by atoms with van der Waals surface area (Å²) in [5.74, 6) is -3.26. The van der Waals surface area contributed by atoms with Crippen molar-refractivity contribution in [2.45, 2.75) is 51.4 Å². The Kier molecular flexibility index (Phi) is 6.26. The summed E-state index contributed by atoms with van der Waals surface area (Å²) in [4.78, 5) is 28.1. The first-order valence-corrected chi connectivity index (χ1v) is 11.1. The summed E-state index contributed by atoms with van der Waals surface area (Å²) < 4.78 is 71.8. The van der Waals surface area contributed by atoms with Crippen molar-refractivity contribution in [3.63, 3.8) is 0 Å². The normalized spacial score (nSPS) is 16.6. The van der Waals surface area contributed by atoms with E-state index in [1.807, 2.05) is 13.8 Å². The molecule has 1 aliphatic carbocycles. The van der Waals surface area contributed by atoms with Crippen molar-refractivity contribution < 1.29 is 31.5 Å². The average molecular weight is 509 g/mol. The second kappa shape index (κ2) is 8.82. The Labute approximate surface area is 203 Å². The number of carbonyl (C=O) groups is 2. The molecule has 0 fully saturated rings. The minimum Gasteiger partial charge on any atom is -0.275 e. The molecule has 1 aliphatic rings. The lowest BCUT2D eigenvalue weighted by molar-refractivity contribution is 0.0881. The molecule has 1 atom stereocenters. The molecule has 0 bridgehead atoms. The first-order chi connectivity index (χ1) is 16.7. The van der Waals surface area contributed by atoms with Crippen LogP contribution in [0, 0.1) is 5.82 Å². The molecule has 0 radical (unpaired) electrons. The Morgan fingerprint density at radius 1 is 0.972 bits per heavy atom. The maximum atomic E-state index is 15.0. The second-order valence-corrected chi connectivity index (χ2v) is 9.59. The quantitative estimate of drug-likeness (QED) is 0.339. The minimum atomic E-state index is -3.14. The number of rotatable bonds is 5. The van der Waals surface area contributed by atoms with Gasteiger partial charge < -0.3 is 0 Å². The van der Waals surface area contributed by atoms with Crippen LogP contribution < -0.4 is 4.90 Å². The maximum absolute atomic E-state index is 15.0. The third kappa shape index (κ3) is 4.07. The van der Waals surface area contributed by atoms with E-state index in [2.05, 4.69) is 10.2 Å². The predicted octanol–water partition coefficient (Wildman–Crippen LogP) is 5.44. The van der Waals surface area contributed by atoms with Crippen molar-refractivity contribution in [2.75, 3.05) is 4.90 Å². The molecular formula is C24H24F5N5O2. The number of halogens is 5. The molecule has 12 heteroatoms. The summed E-state index contributed by atoms with van der Waals surface area (Å²) in [7, 11) is 2.65. The van der Waals surface area contributed by atoms with Crippen LogP contribution in [0.15, 0.2) is 24.5 Å². The van der Waals surface area contributed by atoms with Gasteiger partial charge in [-0.2, -0.15) is 10.2 Å². The highest BCUT2D eigenvalue weighted by molar-refractivity contribution is 6.26. The molecule has 0 spiro atoms. The van der Waals surface area contributed by atoms with E-state index < -0.39 is 58.4 Å². The zero-order valence-corrected chi connectivity index (χ0v) is 20.2. The lowest BCUT2D eigenvalue weighted by atomic mass is 9.85. The van der Waals surface area contributed by atoms with Gasteiger partial charge in [0, 0.05) is 26.5 Å². The van der Waals surface area contributed by atoms with Crippen LogP contribution in [0.2, 0.25) is 0 Å². The number of aryl methyl sites for hydroxylation is 2. The number of nitrogens with zero attached hydrogens (tertiary/aromatic N) is 5. The highest BCUT2D eigenvalue weighted by Gasteiger charge is 2.43. The number of fused-ring (bicyclic) bond motifs is 1. The summed E-state index contributed by atoms with van der Waals surface area (Å²) in [6.07, 6.45) is -3.75. The molecule has 7 nitrogen and oxygen atoms in total. The highest BCUT2D eigenvalue weighted by Crippen LogP contribution is 2.51. The van der Waals surface area contributed by atoms with Gasteiger partial charge in [0.1, 0.15) is 17.2 Å². The van der Waals surface area contributed by atoms with Gasteiger partial charge in [0.05, 0.1) is 16.8 Å². The van der Waals surface area contributed by atoms with Crippen LogP contribution in [-0.2, 0) is 19.5 Å². The SMILES string of the molecule is CC1CC(C)(C)c2c(F)ccc(N(C(=O)c3cn(C)nc3C(F)F)C(=O)c3cn(C)nc3C(F)F)c21. The van der Waals surface area contributed by atoms with E-state index in [1.165, 1.54) is 20.2 Å². The number of aromatic nitrogens is 4. The Morgan fingerprint density at radius 2 is 1.44 bits per heavy atom. The van der Waals surface area contributed by atoms with E-state index in [4.69, 9.17) is 0 Å². The first-order valence-electron chi connectivity index (χ1n) is 11.1. The molecule has 2 heterocycles. The van der Waals surface area contributed by atoms with Crippen LogP contribution in [0.1, 0.15) is 89.2 Å². The van der Waals surface area contributed by atoms with Crippen LogP contribution in [-0.4, -0.2) is 31.4 Å². The zero-order valence-electron chi connectivity index (χ0n) is 20.2. The van der Waals surface area contributed by atoms with Gasteiger partial charge in [0.25, 0.3) is 24.7 Å². The molecule has 1 unspecified atom stereocenters. The molecule has 1 aromatic carbocycles. The van der Waals surface area contributed by atoms with Crippen LogP contribution in [0.5, 0.6) is 0 Å². The van der Waals surface area contributed by atoms with Crippen molar-refractivity contribution in [3.8, 4) is 0 Å². The van der Waals surface area contributed by atoms with Gasteiger partial charge in [-0.25, -0.2) is 26.9 Å². The third-order valence-corrected chi connectivity index (χ3v) is 6.39. The van der Waals surface area contributed by atoms with E-state index in [0.717, 1.165) is 27.8 Å². The summed E-state index contributed by atoms with van der Waals surface area (Å²) in [6, 6.07) is 2.27. The Bertz CT molecular complexity index is 1300. The molecular weight excluding hydrogens is 485 g/mol. The number of benzene rings is 1. The number of imide groups is 1. The van der Waals surface area contributed by atoms with E-state index in [1.54, 1.807) is 6.92 Å². The van der Waals surface area contributed by atoms with E-state index in [9.17, 15) is 31.5 Å². The fourth-order valence-electron chi connectivity index (χ4n) is 5.15. The second-order valence-electron chi connectivity index (χ2n) is 9.59. The van der Waals surface area contributed by atoms with E-state index in [-0.39, 0.29) is 17.2 Å². The summed E-state index contributed by atoms with van der Waals surface area (Å²) in [6.45, 7) is 5.40. The van der Waals surface area contributed by atoms with E-state index >= 15 is 0 Å². The fourth-order valence-corrected chi connectivity index (χ4v) is 5.15. The lowest BCUT2D eigenvalue weighted by Crippen LogP contribution is -2.38. The van der Waals surface area contributed by atoms with Crippen molar-refractivity contribution >= 4 is 17.5 Å². The topological polar surface area (TPSA) is 73.0 Å². The van der Waals surface area contributed by atoms with Crippen LogP contribution in [0.3, 0.4) is 0 Å². The van der Waals surface area contributed by atoms with Crippen molar-refractivity contribution in [2.24, 2.45) is 14.1 Å². The maximum Gasteiger partial charge on any atom is 0.282 e. The van der Waals surface area contributed by atoms with Crippen molar-refractivity contribution in [1.29, 1.82) is 0 Å². The molecule has 2 amide bonds. The van der Waals surface area contributed by atoms with Crippen molar-refractivity contribution in [1.82, 2.24) is 19.6 Å². The molecule has 0 saturated carbocycles. The number of alkyl halides is 4. The van der Waals surface area contributed by atoms with Crippen LogP contribution >= 0.6 is 0 Å². The van der Waals surface area contributed by atoms with Gasteiger partial charge in [-0.05, 0) is 41.0 Å². The molecule has 3 aromatic rings. The summed E-state index contributed by atoms with van der Waals surface area (Å²) >= 11 is 0. The predicted molar refractivity (Wildman–Crippen MR) is 120 cm³/mol. The molecule has 4 rings (SSSR count). The van der Waals surface area contributed by atoms with Crippen molar-refractivity contribution in [3.05, 3.63) is 64.0 Å². The van der Waals surface area contributed by atoms with Gasteiger partial charge >= 0.3 is 0 Å². The highest BCUT2D eigenvalue weighted by atomic mass is 19.3. The molecule has 192 valence electrons. The summed E-state index contributed by atoms with van der Waals surface area (Å²) in [5, 5.41) is 7.25. The van der Waals surface area contributed by atoms with Gasteiger partial charge in [-0.3, -0.25) is 19.0 Å². The Hall–Kier alpha value is -3.57. The number of hydrogen-bond donors (Lipinski definition) is 0. The molecule has 2 aromatic heterocycles. The molecule has 0 aliphatic heterocycles. The van der Waals surface area contributed by atoms with E-state index in [0.29, 0.717) is 16.9 Å². The zero-order chi connectivity index (χ0) is 26.7. The molecule has 0 N–H and O–H groups in total.